The van der Waals surface area contributed by atoms with Crippen LogP contribution in [0.1, 0.15) is 40.9 Å². The van der Waals surface area contributed by atoms with E-state index in [0.29, 0.717) is 0 Å². The number of carbonyl (C=O) groups excluding carboxylic acids is 1. The quantitative estimate of drug-likeness (QED) is 0.739. The van der Waals surface area contributed by atoms with Gasteiger partial charge in [0, 0.05) is 4.88 Å². The van der Waals surface area contributed by atoms with Crippen molar-refractivity contribution in [2.75, 3.05) is 0 Å². The van der Waals surface area contributed by atoms with Crippen molar-refractivity contribution < 1.29 is 4.79 Å². The number of benzene rings is 1. The van der Waals surface area contributed by atoms with Crippen molar-refractivity contribution in [3.05, 3.63) is 57.8 Å². The maximum absolute atomic E-state index is 12.6. The predicted octanol–water partition coefficient (Wildman–Crippen LogP) is 4.47. The van der Waals surface area contributed by atoms with Crippen LogP contribution < -0.4 is 0 Å². The first kappa shape index (κ1) is 13.0. The van der Waals surface area contributed by atoms with Crippen molar-refractivity contribution in [2.45, 2.75) is 32.6 Å². The van der Waals surface area contributed by atoms with E-state index in [1.807, 2.05) is 50.2 Å². The van der Waals surface area contributed by atoms with Crippen molar-refractivity contribution in [1.29, 1.82) is 0 Å². The van der Waals surface area contributed by atoms with Gasteiger partial charge in [0.25, 0.3) is 0 Å². The predicted molar refractivity (Wildman–Crippen MR) is 77.5 cm³/mol. The minimum Gasteiger partial charge on any atom is -0.292 e. The number of ketones is 1. The standard InChI is InChI=1S/C16H18OS/c1-4-13-10-11-14(18-13)15(17)16(2,3)12-8-6-5-7-9-12/h5-11H,4H2,1-3H3. The first-order chi connectivity index (χ1) is 8.55. The zero-order valence-corrected chi connectivity index (χ0v) is 11.9. The molecular formula is C16H18OS. The summed E-state index contributed by atoms with van der Waals surface area (Å²) in [6.45, 7) is 6.11. The van der Waals surface area contributed by atoms with Crippen molar-refractivity contribution in [3.63, 3.8) is 0 Å². The van der Waals surface area contributed by atoms with Gasteiger partial charge in [0.15, 0.2) is 5.78 Å². The van der Waals surface area contributed by atoms with Gasteiger partial charge in [-0.3, -0.25) is 4.79 Å². The van der Waals surface area contributed by atoms with Crippen LogP contribution in [-0.2, 0) is 11.8 Å². The van der Waals surface area contributed by atoms with Gasteiger partial charge in [-0.2, -0.15) is 0 Å². The first-order valence-corrected chi connectivity index (χ1v) is 7.06. The van der Waals surface area contributed by atoms with Crippen LogP contribution in [0.5, 0.6) is 0 Å². The normalized spacial score (nSPS) is 11.5. The molecule has 0 aliphatic rings. The molecule has 0 aliphatic heterocycles. The van der Waals surface area contributed by atoms with Gasteiger partial charge >= 0.3 is 0 Å². The van der Waals surface area contributed by atoms with Crippen molar-refractivity contribution in [3.8, 4) is 0 Å². The Balaban J connectivity index is 2.33. The van der Waals surface area contributed by atoms with Crippen LogP contribution in [0, 0.1) is 0 Å². The molecule has 0 aliphatic carbocycles. The average molecular weight is 258 g/mol. The van der Waals surface area contributed by atoms with Crippen LogP contribution in [0.25, 0.3) is 0 Å². The van der Waals surface area contributed by atoms with Crippen LogP contribution in [0.15, 0.2) is 42.5 Å². The lowest BCUT2D eigenvalue weighted by Gasteiger charge is -2.22. The fourth-order valence-electron chi connectivity index (χ4n) is 1.98. The maximum Gasteiger partial charge on any atom is 0.182 e. The molecule has 0 saturated carbocycles. The summed E-state index contributed by atoms with van der Waals surface area (Å²) in [4.78, 5) is 14.7. The molecule has 0 atom stereocenters. The fourth-order valence-corrected chi connectivity index (χ4v) is 3.03. The Morgan fingerprint density at radius 3 is 2.33 bits per heavy atom. The number of hydrogen-bond donors (Lipinski definition) is 0. The molecular weight excluding hydrogens is 240 g/mol. The van der Waals surface area contributed by atoms with E-state index in [1.165, 1.54) is 4.88 Å². The Hall–Kier alpha value is -1.41. The Kier molecular flexibility index (Phi) is 3.67. The Bertz CT molecular complexity index is 537. The molecule has 0 fully saturated rings. The fraction of sp³-hybridized carbons (Fsp3) is 0.312. The van der Waals surface area contributed by atoms with Crippen molar-refractivity contribution in [2.24, 2.45) is 0 Å². The molecule has 2 heteroatoms. The minimum atomic E-state index is -0.461. The number of aryl methyl sites for hydroxylation is 1. The molecule has 0 radical (unpaired) electrons. The molecule has 0 unspecified atom stereocenters. The summed E-state index contributed by atoms with van der Waals surface area (Å²) in [6, 6.07) is 14.0. The van der Waals surface area contributed by atoms with Gasteiger partial charge in [0.05, 0.1) is 10.3 Å². The largest absolute Gasteiger partial charge is 0.292 e. The second-order valence-corrected chi connectivity index (χ2v) is 6.11. The second kappa shape index (κ2) is 5.07. The lowest BCUT2D eigenvalue weighted by molar-refractivity contribution is 0.0913. The Morgan fingerprint density at radius 2 is 1.78 bits per heavy atom. The summed E-state index contributed by atoms with van der Waals surface area (Å²) in [5, 5.41) is 0. The van der Waals surface area contributed by atoms with E-state index in [1.54, 1.807) is 11.3 Å². The third kappa shape index (κ3) is 2.39. The minimum absolute atomic E-state index is 0.207. The molecule has 0 spiro atoms. The van der Waals surface area contributed by atoms with Gasteiger partial charge in [0.1, 0.15) is 0 Å². The SMILES string of the molecule is CCc1ccc(C(=O)C(C)(C)c2ccccc2)s1. The van der Waals surface area contributed by atoms with Gasteiger partial charge in [0.2, 0.25) is 0 Å². The van der Waals surface area contributed by atoms with E-state index >= 15 is 0 Å². The molecule has 94 valence electrons. The molecule has 1 nitrogen and oxygen atoms in total. The summed E-state index contributed by atoms with van der Waals surface area (Å²) >= 11 is 1.61. The summed E-state index contributed by atoms with van der Waals surface area (Å²) < 4.78 is 0. The number of thiophene rings is 1. The summed E-state index contributed by atoms with van der Waals surface area (Å²) in [5.74, 6) is 0.207. The summed E-state index contributed by atoms with van der Waals surface area (Å²) in [6.07, 6.45) is 0.990. The molecule has 0 saturated heterocycles. The molecule has 0 N–H and O–H groups in total. The van der Waals surface area contributed by atoms with Crippen LogP contribution in [0.3, 0.4) is 0 Å². The van der Waals surface area contributed by atoms with Crippen LogP contribution in [-0.4, -0.2) is 5.78 Å². The lowest BCUT2D eigenvalue weighted by atomic mass is 9.80. The highest BCUT2D eigenvalue weighted by Gasteiger charge is 2.31. The van der Waals surface area contributed by atoms with Gasteiger partial charge in [-0.15, -0.1) is 11.3 Å². The molecule has 0 bridgehead atoms. The molecule has 2 rings (SSSR count). The van der Waals surface area contributed by atoms with E-state index < -0.39 is 5.41 Å². The number of carbonyl (C=O) groups is 1. The molecule has 1 aromatic heterocycles. The first-order valence-electron chi connectivity index (χ1n) is 6.24. The topological polar surface area (TPSA) is 17.1 Å². The smallest absolute Gasteiger partial charge is 0.182 e. The van der Waals surface area contributed by atoms with Gasteiger partial charge < -0.3 is 0 Å². The van der Waals surface area contributed by atoms with Crippen molar-refractivity contribution >= 4 is 17.1 Å². The molecule has 0 amide bonds. The average Bonchev–Trinajstić information content (AvgIpc) is 2.87. The molecule has 1 heterocycles. The van der Waals surface area contributed by atoms with Gasteiger partial charge in [-0.25, -0.2) is 0 Å². The van der Waals surface area contributed by atoms with Crippen LogP contribution in [0.4, 0.5) is 0 Å². The van der Waals surface area contributed by atoms with E-state index in [9.17, 15) is 4.79 Å². The summed E-state index contributed by atoms with van der Waals surface area (Å²) in [5.41, 5.74) is 0.610. The highest BCUT2D eigenvalue weighted by Crippen LogP contribution is 2.30. The Morgan fingerprint density at radius 1 is 1.11 bits per heavy atom. The van der Waals surface area contributed by atoms with Crippen LogP contribution >= 0.6 is 11.3 Å². The van der Waals surface area contributed by atoms with Gasteiger partial charge in [-0.1, -0.05) is 37.3 Å². The molecule has 18 heavy (non-hydrogen) atoms. The highest BCUT2D eigenvalue weighted by molar-refractivity contribution is 7.14. The zero-order chi connectivity index (χ0) is 13.2. The van der Waals surface area contributed by atoms with E-state index in [2.05, 4.69) is 13.0 Å². The number of rotatable bonds is 4. The third-order valence-corrected chi connectivity index (χ3v) is 4.53. The van der Waals surface area contributed by atoms with Gasteiger partial charge in [-0.05, 0) is 38.0 Å². The highest BCUT2D eigenvalue weighted by atomic mass is 32.1. The van der Waals surface area contributed by atoms with Crippen molar-refractivity contribution in [1.82, 2.24) is 0 Å². The number of hydrogen-bond acceptors (Lipinski definition) is 2. The van der Waals surface area contributed by atoms with E-state index in [-0.39, 0.29) is 5.78 Å². The van der Waals surface area contributed by atoms with E-state index in [0.717, 1.165) is 16.9 Å². The maximum atomic E-state index is 12.6. The molecule has 1 aromatic carbocycles. The lowest BCUT2D eigenvalue weighted by Crippen LogP contribution is -2.28. The second-order valence-electron chi connectivity index (χ2n) is 4.94. The summed E-state index contributed by atoms with van der Waals surface area (Å²) in [7, 11) is 0. The number of Topliss-reactive ketones (excluding diaryl/α,β-unsaturated/α-hetero) is 1. The molecule has 2 aromatic rings. The monoisotopic (exact) mass is 258 g/mol. The third-order valence-electron chi connectivity index (χ3n) is 3.30. The van der Waals surface area contributed by atoms with Crippen LogP contribution in [0.2, 0.25) is 0 Å². The zero-order valence-electron chi connectivity index (χ0n) is 11.1. The Labute approximate surface area is 112 Å². The van der Waals surface area contributed by atoms with E-state index in [4.69, 9.17) is 0 Å².